The predicted molar refractivity (Wildman–Crippen MR) is 128 cm³/mol. The van der Waals surface area contributed by atoms with Crippen LogP contribution in [-0.2, 0) is 27.3 Å². The van der Waals surface area contributed by atoms with E-state index in [9.17, 15) is 23.3 Å². The molecule has 0 spiro atoms. The number of halogens is 2. The number of hydrogen-bond donors (Lipinski definition) is 1. The summed E-state index contributed by atoms with van der Waals surface area (Å²) in [4.78, 5) is 43.9. The van der Waals surface area contributed by atoms with Crippen LogP contribution in [0.4, 0.5) is 10.2 Å². The third-order valence-corrected chi connectivity index (χ3v) is 6.87. The maximum atomic E-state index is 14.3. The van der Waals surface area contributed by atoms with E-state index in [1.54, 1.807) is 36.4 Å². The second kappa shape index (κ2) is 9.80. The molecule has 0 aliphatic carbocycles. The zero-order valence-electron chi connectivity index (χ0n) is 18.3. The van der Waals surface area contributed by atoms with E-state index in [2.05, 4.69) is 31.3 Å². The lowest BCUT2D eigenvalue weighted by atomic mass is 10.1. The van der Waals surface area contributed by atoms with Gasteiger partial charge in [0, 0.05) is 24.8 Å². The van der Waals surface area contributed by atoms with Gasteiger partial charge < -0.3 is 14.8 Å². The number of hydrogen-bond acceptors (Lipinski definition) is 6. The SMILES string of the molecule is CC(=O)c1nn(CC(=O)N2C[C@H](F)C[C@H]2C(=O)Nc2cccc(Br)n2)c2cc([S+](C)[O-])ccc12. The summed E-state index contributed by atoms with van der Waals surface area (Å²) < 4.78 is 28.1. The molecule has 1 fully saturated rings. The minimum Gasteiger partial charge on any atom is -0.612 e. The zero-order valence-corrected chi connectivity index (χ0v) is 20.7. The number of ketones is 1. The van der Waals surface area contributed by atoms with E-state index in [4.69, 9.17) is 0 Å². The second-order valence-electron chi connectivity index (χ2n) is 7.93. The molecule has 12 heteroatoms. The van der Waals surface area contributed by atoms with Gasteiger partial charge in [0.1, 0.15) is 41.1 Å². The van der Waals surface area contributed by atoms with E-state index >= 15 is 0 Å². The molecule has 1 aliphatic heterocycles. The van der Waals surface area contributed by atoms with Crippen molar-refractivity contribution in [2.45, 2.75) is 37.0 Å². The fraction of sp³-hybridized carbons (Fsp3) is 0.318. The number of carbonyl (C=O) groups is 3. The van der Waals surface area contributed by atoms with Crippen molar-refractivity contribution in [3.8, 4) is 0 Å². The van der Waals surface area contributed by atoms with Crippen molar-refractivity contribution in [1.82, 2.24) is 19.7 Å². The molecule has 9 nitrogen and oxygen atoms in total. The number of pyridine rings is 1. The third-order valence-electron chi connectivity index (χ3n) is 5.51. The van der Waals surface area contributed by atoms with Crippen LogP contribution in [0, 0.1) is 0 Å². The van der Waals surface area contributed by atoms with Gasteiger partial charge in [-0.25, -0.2) is 9.37 Å². The van der Waals surface area contributed by atoms with Gasteiger partial charge >= 0.3 is 0 Å². The summed E-state index contributed by atoms with van der Waals surface area (Å²) in [6, 6.07) is 8.86. The molecule has 34 heavy (non-hydrogen) atoms. The predicted octanol–water partition coefficient (Wildman–Crippen LogP) is 2.71. The number of nitrogens with zero attached hydrogens (tertiary/aromatic N) is 4. The average molecular weight is 550 g/mol. The highest BCUT2D eigenvalue weighted by atomic mass is 79.9. The van der Waals surface area contributed by atoms with Crippen molar-refractivity contribution < 1.29 is 23.3 Å². The van der Waals surface area contributed by atoms with E-state index in [1.165, 1.54) is 22.8 Å². The maximum absolute atomic E-state index is 14.3. The Bertz CT molecular complexity index is 1280. The molecule has 0 saturated carbocycles. The number of rotatable bonds is 6. The fourth-order valence-corrected chi connectivity index (χ4v) is 4.81. The normalized spacial score (nSPS) is 18.8. The molecule has 0 bridgehead atoms. The van der Waals surface area contributed by atoms with Gasteiger partial charge in [-0.15, -0.1) is 0 Å². The minimum atomic E-state index is -1.36. The Morgan fingerprint density at radius 3 is 2.74 bits per heavy atom. The number of benzene rings is 1. The van der Waals surface area contributed by atoms with Gasteiger partial charge in [0.25, 0.3) is 0 Å². The number of likely N-dealkylation sites (tertiary alicyclic amines) is 1. The summed E-state index contributed by atoms with van der Waals surface area (Å²) >= 11 is 1.94. The van der Waals surface area contributed by atoms with Crippen LogP contribution in [0.3, 0.4) is 0 Å². The molecule has 4 rings (SSSR count). The van der Waals surface area contributed by atoms with Gasteiger partial charge in [0.15, 0.2) is 10.7 Å². The van der Waals surface area contributed by atoms with Gasteiger partial charge in [-0.2, -0.15) is 5.10 Å². The average Bonchev–Trinajstić information content (AvgIpc) is 3.34. The molecule has 1 aromatic carbocycles. The maximum Gasteiger partial charge on any atom is 0.248 e. The van der Waals surface area contributed by atoms with E-state index in [0.717, 1.165) is 0 Å². The molecule has 3 atom stereocenters. The summed E-state index contributed by atoms with van der Waals surface area (Å²) in [5.41, 5.74) is 0.637. The van der Waals surface area contributed by atoms with Gasteiger partial charge in [0.2, 0.25) is 11.8 Å². The lowest BCUT2D eigenvalue weighted by molar-refractivity contribution is -0.137. The number of carbonyl (C=O) groups excluding carboxylic acids is 3. The van der Waals surface area contributed by atoms with Crippen molar-refractivity contribution >= 4 is 61.4 Å². The molecule has 2 aromatic heterocycles. The smallest absolute Gasteiger partial charge is 0.248 e. The second-order valence-corrected chi connectivity index (χ2v) is 10.1. The molecule has 3 aromatic rings. The summed E-state index contributed by atoms with van der Waals surface area (Å²) in [6.45, 7) is 0.825. The summed E-state index contributed by atoms with van der Waals surface area (Å²) in [7, 11) is 0. The monoisotopic (exact) mass is 549 g/mol. The zero-order chi connectivity index (χ0) is 24.6. The Hall–Kier alpha value is -2.83. The first-order valence-corrected chi connectivity index (χ1v) is 12.7. The number of anilines is 1. The quantitative estimate of drug-likeness (QED) is 0.286. The topological polar surface area (TPSA) is 120 Å². The molecular formula is C22H21BrFN5O4S. The molecule has 1 aliphatic rings. The number of alkyl halides is 1. The van der Waals surface area contributed by atoms with Crippen LogP contribution in [0.1, 0.15) is 23.8 Å². The first kappa shape index (κ1) is 24.3. The van der Waals surface area contributed by atoms with Gasteiger partial charge in [0.05, 0.1) is 12.1 Å². The van der Waals surface area contributed by atoms with Crippen molar-refractivity contribution in [3.63, 3.8) is 0 Å². The molecule has 3 heterocycles. The summed E-state index contributed by atoms with van der Waals surface area (Å²) in [6.07, 6.45) is 0.0307. The van der Waals surface area contributed by atoms with E-state index in [1.807, 2.05) is 0 Å². The summed E-state index contributed by atoms with van der Waals surface area (Å²) in [5.74, 6) is -1.08. The van der Waals surface area contributed by atoms with Crippen LogP contribution >= 0.6 is 15.9 Å². The van der Waals surface area contributed by atoms with Crippen LogP contribution in [0.5, 0.6) is 0 Å². The van der Waals surface area contributed by atoms with Crippen LogP contribution in [0.15, 0.2) is 45.9 Å². The highest BCUT2D eigenvalue weighted by Gasteiger charge is 2.40. The van der Waals surface area contributed by atoms with Crippen molar-refractivity contribution in [1.29, 1.82) is 0 Å². The Labute approximate surface area is 206 Å². The lowest BCUT2D eigenvalue weighted by Crippen LogP contribution is -2.44. The Kier molecular flexibility index (Phi) is 7.01. The highest BCUT2D eigenvalue weighted by Crippen LogP contribution is 2.26. The molecule has 2 amide bonds. The van der Waals surface area contributed by atoms with Crippen LogP contribution < -0.4 is 5.32 Å². The van der Waals surface area contributed by atoms with Crippen LogP contribution in [-0.4, -0.2) is 66.8 Å². The van der Waals surface area contributed by atoms with Crippen LogP contribution in [0.2, 0.25) is 0 Å². The standard InChI is InChI=1S/C22H21BrFN5O4S/c1-12(30)21-15-7-6-14(34(2)33)9-16(15)29(27-21)11-20(31)28-10-13(24)8-17(28)22(32)26-19-5-3-4-18(23)25-19/h3-7,9,13,17H,8,10-11H2,1-2H3,(H,25,26,32)/t13-,17+,34?/m1/s1. The minimum absolute atomic E-state index is 0.136. The van der Waals surface area contributed by atoms with E-state index < -0.39 is 35.2 Å². The largest absolute Gasteiger partial charge is 0.612 e. The van der Waals surface area contributed by atoms with Crippen LogP contribution in [0.25, 0.3) is 10.9 Å². The number of aromatic nitrogens is 3. The Morgan fingerprint density at radius 2 is 2.06 bits per heavy atom. The van der Waals surface area contributed by atoms with Gasteiger partial charge in [-0.1, -0.05) is 6.07 Å². The molecule has 1 N–H and O–H groups in total. The first-order chi connectivity index (χ1) is 16.1. The molecule has 178 valence electrons. The van der Waals surface area contributed by atoms with E-state index in [-0.39, 0.29) is 36.8 Å². The number of nitrogens with one attached hydrogen (secondary N) is 1. The van der Waals surface area contributed by atoms with Crippen molar-refractivity contribution in [2.24, 2.45) is 0 Å². The molecule has 1 unspecified atom stereocenters. The number of amides is 2. The number of fused-ring (bicyclic) bond motifs is 1. The van der Waals surface area contributed by atoms with Crippen molar-refractivity contribution in [2.75, 3.05) is 18.1 Å². The Balaban J connectivity index is 1.60. The third kappa shape index (κ3) is 4.98. The molecule has 0 radical (unpaired) electrons. The fourth-order valence-electron chi connectivity index (χ4n) is 3.93. The van der Waals surface area contributed by atoms with Gasteiger partial charge in [-0.05, 0) is 51.4 Å². The summed E-state index contributed by atoms with van der Waals surface area (Å²) in [5, 5.41) is 7.42. The number of Topliss-reactive ketones (excluding diaryl/α,β-unsaturated/α-hetero) is 1. The molecular weight excluding hydrogens is 529 g/mol. The lowest BCUT2D eigenvalue weighted by Gasteiger charge is -2.23. The Morgan fingerprint density at radius 1 is 1.29 bits per heavy atom. The highest BCUT2D eigenvalue weighted by molar-refractivity contribution is 9.10. The molecule has 1 saturated heterocycles. The van der Waals surface area contributed by atoms with Gasteiger partial charge in [-0.3, -0.25) is 19.1 Å². The van der Waals surface area contributed by atoms with E-state index in [0.29, 0.717) is 20.4 Å². The first-order valence-electron chi connectivity index (χ1n) is 10.4. The van der Waals surface area contributed by atoms with Crippen molar-refractivity contribution in [3.05, 3.63) is 46.7 Å².